The Kier molecular flexibility index (Phi) is 6.61. The smallest absolute Gasteiger partial charge is 0.254 e. The third-order valence-corrected chi connectivity index (χ3v) is 7.73. The predicted octanol–water partition coefficient (Wildman–Crippen LogP) is 4.48. The average molecular weight is 468 g/mol. The number of amides is 3. The molecule has 2 aromatic rings. The molecule has 2 aliphatic rings. The summed E-state index contributed by atoms with van der Waals surface area (Å²) < 4.78 is 0. The van der Waals surface area contributed by atoms with E-state index in [9.17, 15) is 14.4 Å². The molecule has 1 saturated heterocycles. The Hall–Kier alpha value is -2.67. The fraction of sp³-hybridized carbons (Fsp3) is 0.500. The van der Waals surface area contributed by atoms with Crippen LogP contribution in [0.3, 0.4) is 0 Å². The molecule has 33 heavy (non-hydrogen) atoms. The van der Waals surface area contributed by atoms with Crippen molar-refractivity contribution in [1.29, 1.82) is 0 Å². The van der Waals surface area contributed by atoms with E-state index in [4.69, 9.17) is 0 Å². The lowest BCUT2D eigenvalue weighted by Gasteiger charge is -2.35. The first-order chi connectivity index (χ1) is 15.6. The van der Waals surface area contributed by atoms with Crippen LogP contribution >= 0.6 is 11.3 Å². The molecule has 0 radical (unpaired) electrons. The average Bonchev–Trinajstić information content (AvgIpc) is 3.27. The number of piperidine rings is 1. The predicted molar refractivity (Wildman–Crippen MR) is 131 cm³/mol. The minimum Gasteiger partial charge on any atom is -0.342 e. The molecule has 2 aliphatic heterocycles. The number of likely N-dealkylation sites (tertiary alicyclic amines) is 1. The van der Waals surface area contributed by atoms with E-state index in [2.05, 4.69) is 16.8 Å². The van der Waals surface area contributed by atoms with Gasteiger partial charge in [-0.3, -0.25) is 14.4 Å². The fourth-order valence-corrected chi connectivity index (χ4v) is 5.54. The summed E-state index contributed by atoms with van der Waals surface area (Å²) in [4.78, 5) is 43.9. The molecule has 1 N–H and O–H groups in total. The van der Waals surface area contributed by atoms with E-state index >= 15 is 0 Å². The van der Waals surface area contributed by atoms with E-state index in [1.54, 1.807) is 11.3 Å². The number of nitrogens with one attached hydrogen (secondary N) is 1. The number of rotatable bonds is 3. The monoisotopic (exact) mass is 467 g/mol. The van der Waals surface area contributed by atoms with E-state index in [1.807, 2.05) is 55.7 Å². The van der Waals surface area contributed by atoms with E-state index < -0.39 is 5.41 Å². The summed E-state index contributed by atoms with van der Waals surface area (Å²) in [7, 11) is 0. The Labute approximate surface area is 200 Å². The van der Waals surface area contributed by atoms with Crippen LogP contribution in [-0.2, 0) is 22.6 Å². The number of nitrogens with zero attached hydrogens (tertiary/aromatic N) is 2. The van der Waals surface area contributed by atoms with Crippen molar-refractivity contribution in [2.45, 2.75) is 53.5 Å². The molecule has 3 heterocycles. The molecule has 0 atom stereocenters. The van der Waals surface area contributed by atoms with E-state index in [0.29, 0.717) is 50.3 Å². The molecule has 0 spiro atoms. The van der Waals surface area contributed by atoms with Crippen molar-refractivity contribution in [3.05, 3.63) is 51.2 Å². The first-order valence-corrected chi connectivity index (χ1v) is 12.6. The second-order valence-corrected chi connectivity index (χ2v) is 11.1. The van der Waals surface area contributed by atoms with Crippen molar-refractivity contribution in [3.8, 4) is 0 Å². The zero-order chi connectivity index (χ0) is 23.8. The Morgan fingerprint density at radius 1 is 1.03 bits per heavy atom. The number of carbonyl (C=O) groups is 3. The summed E-state index contributed by atoms with van der Waals surface area (Å²) >= 11 is 1.76. The van der Waals surface area contributed by atoms with Crippen molar-refractivity contribution in [1.82, 2.24) is 9.80 Å². The molecule has 6 nitrogen and oxygen atoms in total. The molecule has 0 unspecified atom stereocenters. The maximum absolute atomic E-state index is 13.3. The van der Waals surface area contributed by atoms with Gasteiger partial charge in [-0.25, -0.2) is 0 Å². The SMILES string of the molecule is Cc1c(NC(=O)C2CCN(C(=O)C(C)(C)C)CC2)cccc1C(=O)N1CCc2sccc2C1. The molecule has 0 bridgehead atoms. The normalized spacial score (nSPS) is 17.0. The van der Waals surface area contributed by atoms with Gasteiger partial charge in [0.15, 0.2) is 0 Å². The molecular weight excluding hydrogens is 434 g/mol. The van der Waals surface area contributed by atoms with E-state index in [1.165, 1.54) is 10.4 Å². The van der Waals surface area contributed by atoms with Crippen LogP contribution in [0.2, 0.25) is 0 Å². The standard InChI is InChI=1S/C26H33N3O3S/c1-17-20(24(31)29-14-10-22-19(16-29)11-15-33-22)6-5-7-21(17)27-23(30)18-8-12-28(13-9-18)25(32)26(2,3)4/h5-7,11,15,18H,8-10,12-14,16H2,1-4H3,(H,27,30). The van der Waals surface area contributed by atoms with Gasteiger partial charge in [0.1, 0.15) is 0 Å². The first-order valence-electron chi connectivity index (χ1n) is 11.7. The van der Waals surface area contributed by atoms with Gasteiger partial charge in [-0.05, 0) is 60.9 Å². The van der Waals surface area contributed by atoms with Crippen LogP contribution in [0.25, 0.3) is 0 Å². The van der Waals surface area contributed by atoms with Crippen LogP contribution in [0.1, 0.15) is 60.0 Å². The minimum absolute atomic E-state index is 0.00875. The molecule has 3 amide bonds. The largest absolute Gasteiger partial charge is 0.342 e. The summed E-state index contributed by atoms with van der Waals surface area (Å²) in [6, 6.07) is 7.63. The van der Waals surface area contributed by atoms with Gasteiger partial charge in [-0.1, -0.05) is 26.8 Å². The van der Waals surface area contributed by atoms with Crippen molar-refractivity contribution in [2.75, 3.05) is 25.0 Å². The van der Waals surface area contributed by atoms with Gasteiger partial charge in [0.2, 0.25) is 11.8 Å². The third-order valence-electron chi connectivity index (χ3n) is 6.71. The van der Waals surface area contributed by atoms with E-state index in [-0.39, 0.29) is 23.6 Å². The van der Waals surface area contributed by atoms with Crippen LogP contribution in [0.4, 0.5) is 5.69 Å². The first kappa shape index (κ1) is 23.5. The summed E-state index contributed by atoms with van der Waals surface area (Å²) in [5, 5.41) is 5.14. The summed E-state index contributed by atoms with van der Waals surface area (Å²) in [5.41, 5.74) is 2.95. The van der Waals surface area contributed by atoms with Crippen molar-refractivity contribution in [3.63, 3.8) is 0 Å². The van der Waals surface area contributed by atoms with Gasteiger partial charge in [-0.2, -0.15) is 0 Å². The van der Waals surface area contributed by atoms with Crippen molar-refractivity contribution >= 4 is 34.7 Å². The second-order valence-electron chi connectivity index (χ2n) is 10.1. The summed E-state index contributed by atoms with van der Waals surface area (Å²) in [6.45, 7) is 10.2. The molecule has 176 valence electrons. The Morgan fingerprint density at radius 3 is 2.45 bits per heavy atom. The lowest BCUT2D eigenvalue weighted by molar-refractivity contribution is -0.142. The highest BCUT2D eigenvalue weighted by molar-refractivity contribution is 7.10. The van der Waals surface area contributed by atoms with Crippen molar-refractivity contribution in [2.24, 2.45) is 11.3 Å². The number of fused-ring (bicyclic) bond motifs is 1. The van der Waals surface area contributed by atoms with Gasteiger partial charge >= 0.3 is 0 Å². The Morgan fingerprint density at radius 2 is 1.76 bits per heavy atom. The maximum atomic E-state index is 13.3. The van der Waals surface area contributed by atoms with Crippen LogP contribution in [-0.4, -0.2) is 47.2 Å². The highest BCUT2D eigenvalue weighted by Gasteiger charge is 2.32. The zero-order valence-corrected chi connectivity index (χ0v) is 20.8. The number of anilines is 1. The van der Waals surface area contributed by atoms with Crippen LogP contribution in [0, 0.1) is 18.3 Å². The Bertz CT molecular complexity index is 1060. The number of hydrogen-bond acceptors (Lipinski definition) is 4. The van der Waals surface area contributed by atoms with Crippen LogP contribution < -0.4 is 5.32 Å². The topological polar surface area (TPSA) is 69.7 Å². The molecule has 1 aromatic heterocycles. The van der Waals surface area contributed by atoms with Crippen molar-refractivity contribution < 1.29 is 14.4 Å². The maximum Gasteiger partial charge on any atom is 0.254 e. The number of hydrogen-bond donors (Lipinski definition) is 1. The third kappa shape index (κ3) is 4.98. The highest BCUT2D eigenvalue weighted by Crippen LogP contribution is 2.28. The van der Waals surface area contributed by atoms with Crippen LogP contribution in [0.15, 0.2) is 29.6 Å². The van der Waals surface area contributed by atoms with E-state index in [0.717, 1.165) is 12.0 Å². The Balaban J connectivity index is 1.40. The lowest BCUT2D eigenvalue weighted by atomic mass is 9.90. The second kappa shape index (κ2) is 9.29. The van der Waals surface area contributed by atoms with Gasteiger partial charge in [-0.15, -0.1) is 11.3 Å². The molecule has 4 rings (SSSR count). The quantitative estimate of drug-likeness (QED) is 0.724. The number of benzene rings is 1. The highest BCUT2D eigenvalue weighted by atomic mass is 32.1. The molecule has 1 aromatic carbocycles. The van der Waals surface area contributed by atoms with Gasteiger partial charge < -0.3 is 15.1 Å². The van der Waals surface area contributed by atoms with Gasteiger partial charge in [0.25, 0.3) is 5.91 Å². The summed E-state index contributed by atoms with van der Waals surface area (Å²) in [5.74, 6) is -0.0246. The molecular formula is C26H33N3O3S. The lowest BCUT2D eigenvalue weighted by Crippen LogP contribution is -2.45. The molecule has 1 fully saturated rings. The number of thiophene rings is 1. The zero-order valence-electron chi connectivity index (χ0n) is 19.9. The van der Waals surface area contributed by atoms with Gasteiger partial charge in [0, 0.05) is 53.6 Å². The van der Waals surface area contributed by atoms with Gasteiger partial charge in [0.05, 0.1) is 0 Å². The molecule has 0 aliphatic carbocycles. The van der Waals surface area contributed by atoms with Crippen LogP contribution in [0.5, 0.6) is 0 Å². The summed E-state index contributed by atoms with van der Waals surface area (Å²) in [6.07, 6.45) is 2.20. The number of carbonyl (C=O) groups excluding carboxylic acids is 3. The molecule has 7 heteroatoms. The molecule has 0 saturated carbocycles. The fourth-order valence-electron chi connectivity index (χ4n) is 4.65. The minimum atomic E-state index is -0.404.